The summed E-state index contributed by atoms with van der Waals surface area (Å²) in [5.41, 5.74) is 0. The standard InChI is InChI=1S/C2H3O.Sn.H/c1-2-3;;/h2H,1H2;;. The van der Waals surface area contributed by atoms with Crippen molar-refractivity contribution in [3.8, 4) is 0 Å². The Kier molecular flexibility index (Phi) is 3.88. The summed E-state index contributed by atoms with van der Waals surface area (Å²) in [6.07, 6.45) is 0.933. The summed E-state index contributed by atoms with van der Waals surface area (Å²) in [4.78, 5) is 9.21. The van der Waals surface area contributed by atoms with Crippen LogP contribution in [0.3, 0.4) is 0 Å². The number of hydrogen-bond acceptors (Lipinski definition) is 1. The van der Waals surface area contributed by atoms with E-state index in [-0.39, 0.29) is 0 Å². The Labute approximate surface area is 38.5 Å². The first-order valence-electron chi connectivity index (χ1n) is 1.05. The number of hydrogen-bond donors (Lipinski definition) is 0. The van der Waals surface area contributed by atoms with E-state index in [1.54, 1.807) is 0 Å². The molecule has 0 unspecified atom stereocenters. The molecule has 0 fully saturated rings. The zero-order valence-electron chi connectivity index (χ0n) is 2.27. The van der Waals surface area contributed by atoms with Gasteiger partial charge in [0.1, 0.15) is 0 Å². The van der Waals surface area contributed by atoms with Gasteiger partial charge in [0.2, 0.25) is 0 Å². The van der Waals surface area contributed by atoms with E-state index in [1.807, 2.05) is 0 Å². The van der Waals surface area contributed by atoms with Crippen LogP contribution >= 0.6 is 0 Å². The summed E-state index contributed by atoms with van der Waals surface area (Å²) in [5, 5.41) is 0. The van der Waals surface area contributed by atoms with Crippen LogP contribution in [0.15, 0.2) is 0 Å². The van der Waals surface area contributed by atoms with E-state index >= 15 is 0 Å². The van der Waals surface area contributed by atoms with Crippen molar-refractivity contribution < 1.29 is 4.79 Å². The number of aldehydes is 1. The van der Waals surface area contributed by atoms with Gasteiger partial charge in [0.15, 0.2) is 0 Å². The van der Waals surface area contributed by atoms with Crippen molar-refractivity contribution in [1.82, 2.24) is 0 Å². The van der Waals surface area contributed by atoms with Gasteiger partial charge in [-0.25, -0.2) is 0 Å². The number of carbonyl (C=O) groups is 1. The van der Waals surface area contributed by atoms with E-state index < -0.39 is 0 Å². The third-order valence-electron chi connectivity index (χ3n) is 0.0962. The van der Waals surface area contributed by atoms with Crippen molar-refractivity contribution >= 4 is 28.8 Å². The third-order valence-corrected chi connectivity index (χ3v) is 0.645. The van der Waals surface area contributed by atoms with Crippen LogP contribution in [0.4, 0.5) is 0 Å². The molecule has 0 N–H and O–H groups in total. The Bertz CT molecular complexity index is 20.0. The first kappa shape index (κ1) is 4.47. The van der Waals surface area contributed by atoms with Gasteiger partial charge < -0.3 is 0 Å². The summed E-state index contributed by atoms with van der Waals surface area (Å²) >= 11 is 1.07. The van der Waals surface area contributed by atoms with Crippen LogP contribution in [0.25, 0.3) is 0 Å². The van der Waals surface area contributed by atoms with E-state index in [2.05, 4.69) is 0 Å². The van der Waals surface area contributed by atoms with E-state index in [0.29, 0.717) is 0 Å². The fourth-order valence-corrected chi connectivity index (χ4v) is 0. The summed E-state index contributed by atoms with van der Waals surface area (Å²) in [5.74, 6) is 0. The topological polar surface area (TPSA) is 17.1 Å². The minimum atomic E-state index is 0.769. The summed E-state index contributed by atoms with van der Waals surface area (Å²) in [7, 11) is 0. The fraction of sp³-hybridized carbons (Fsp3) is 0.500. The summed E-state index contributed by atoms with van der Waals surface area (Å²) < 4.78 is 0.769. The second kappa shape index (κ2) is 3.47. The second-order valence-electron chi connectivity index (χ2n) is 0.402. The number of rotatable bonds is 1. The Morgan fingerprint density at radius 1 is 2.00 bits per heavy atom. The second-order valence-corrected chi connectivity index (χ2v) is 1.75. The Morgan fingerprint density at radius 2 is 2.25 bits per heavy atom. The monoisotopic (exact) mass is 164 g/mol. The molecule has 0 heterocycles. The van der Waals surface area contributed by atoms with Gasteiger partial charge in [-0.3, -0.25) is 0 Å². The first-order valence-corrected chi connectivity index (χ1v) is 3.38. The minimum absolute atomic E-state index is 0.769. The van der Waals surface area contributed by atoms with Gasteiger partial charge in [-0.05, 0) is 0 Å². The predicted octanol–water partition coefficient (Wildman–Crippen LogP) is -0.496. The maximum atomic E-state index is 9.21. The third kappa shape index (κ3) is 2.47. The van der Waals surface area contributed by atoms with E-state index in [1.165, 1.54) is 0 Å². The van der Waals surface area contributed by atoms with Crippen molar-refractivity contribution in [2.24, 2.45) is 0 Å². The number of carbonyl (C=O) groups excluding carboxylic acids is 1. The van der Waals surface area contributed by atoms with Crippen LogP contribution in [-0.2, 0) is 4.79 Å². The van der Waals surface area contributed by atoms with E-state index in [4.69, 9.17) is 0 Å². The molecule has 0 aliphatic carbocycles. The quantitative estimate of drug-likeness (QED) is 0.376. The molecular formula is C2H4OSn. The molecule has 0 spiro atoms. The average Bonchev–Trinajstić information content (AvgIpc) is 1.37. The van der Waals surface area contributed by atoms with Gasteiger partial charge >= 0.3 is 38.0 Å². The van der Waals surface area contributed by atoms with Gasteiger partial charge in [0, 0.05) is 0 Å². The molecule has 0 amide bonds. The van der Waals surface area contributed by atoms with Gasteiger partial charge in [-0.1, -0.05) is 0 Å². The molecule has 0 saturated heterocycles. The van der Waals surface area contributed by atoms with Crippen LogP contribution in [0, 0.1) is 0 Å². The van der Waals surface area contributed by atoms with Crippen LogP contribution in [0.5, 0.6) is 0 Å². The van der Waals surface area contributed by atoms with Crippen LogP contribution < -0.4 is 0 Å². The van der Waals surface area contributed by atoms with Crippen molar-refractivity contribution in [2.45, 2.75) is 4.44 Å². The zero-order valence-corrected chi connectivity index (χ0v) is 5.57. The van der Waals surface area contributed by atoms with Gasteiger partial charge in [0.25, 0.3) is 0 Å². The van der Waals surface area contributed by atoms with Crippen molar-refractivity contribution in [1.29, 1.82) is 0 Å². The molecule has 0 aliphatic heterocycles. The molecule has 0 saturated carbocycles. The molecule has 2 heteroatoms. The van der Waals surface area contributed by atoms with Gasteiger partial charge in [-0.15, -0.1) is 0 Å². The fourth-order valence-electron chi connectivity index (χ4n) is 0. The average molecular weight is 163 g/mol. The maximum absolute atomic E-state index is 9.21. The van der Waals surface area contributed by atoms with Crippen LogP contribution in [-0.4, -0.2) is 28.8 Å². The van der Waals surface area contributed by atoms with Crippen LogP contribution in [0.1, 0.15) is 0 Å². The molecule has 0 aromatic heterocycles. The SMILES string of the molecule is O=C[CH2][SnH]. The molecule has 1 nitrogen and oxygen atoms in total. The van der Waals surface area contributed by atoms with Gasteiger partial charge in [-0.2, -0.15) is 0 Å². The molecule has 0 aromatic carbocycles. The Hall–Kier alpha value is 0.469. The normalized spacial score (nSPS) is 6.25. The Morgan fingerprint density at radius 3 is 2.25 bits per heavy atom. The summed E-state index contributed by atoms with van der Waals surface area (Å²) in [6.45, 7) is 0. The molecule has 22 valence electrons. The van der Waals surface area contributed by atoms with Crippen molar-refractivity contribution in [3.05, 3.63) is 0 Å². The van der Waals surface area contributed by atoms with Crippen molar-refractivity contribution in [2.75, 3.05) is 0 Å². The molecule has 0 rings (SSSR count). The van der Waals surface area contributed by atoms with E-state index in [9.17, 15) is 4.79 Å². The van der Waals surface area contributed by atoms with Gasteiger partial charge in [0.05, 0.1) is 0 Å². The molecule has 0 atom stereocenters. The molecular weight excluding hydrogens is 159 g/mol. The van der Waals surface area contributed by atoms with Crippen LogP contribution in [0.2, 0.25) is 4.44 Å². The predicted molar refractivity (Wildman–Crippen MR) is 18.0 cm³/mol. The Balaban J connectivity index is 2.30. The molecule has 0 aliphatic rings. The first-order chi connectivity index (χ1) is 1.91. The molecule has 0 bridgehead atoms. The molecule has 2 radical (unpaired) electrons. The van der Waals surface area contributed by atoms with Crippen molar-refractivity contribution in [3.63, 3.8) is 0 Å². The molecule has 4 heavy (non-hydrogen) atoms. The zero-order chi connectivity index (χ0) is 3.41. The molecule has 0 aromatic rings. The summed E-state index contributed by atoms with van der Waals surface area (Å²) in [6, 6.07) is 0. The van der Waals surface area contributed by atoms with E-state index in [0.717, 1.165) is 33.2 Å².